The number of hydrogen-bond donors (Lipinski definition) is 0. The van der Waals surface area contributed by atoms with Crippen LogP contribution < -0.4 is 0 Å². The van der Waals surface area contributed by atoms with Crippen molar-refractivity contribution in [1.29, 1.82) is 0 Å². The lowest BCUT2D eigenvalue weighted by molar-refractivity contribution is -0.123. The second kappa shape index (κ2) is 8.58. The van der Waals surface area contributed by atoms with Gasteiger partial charge in [0, 0.05) is 27.1 Å². The number of aryl methyl sites for hydroxylation is 2. The van der Waals surface area contributed by atoms with E-state index in [1.165, 1.54) is 10.5 Å². The summed E-state index contributed by atoms with van der Waals surface area (Å²) < 4.78 is 2.14. The SMILES string of the molecule is Cc1ccc(-n2c(C)cc(/C=C3\SC(=O)N(Cc4ccc(Cl)cc4Cl)C3=O)c2C)cc1. The van der Waals surface area contributed by atoms with Gasteiger partial charge in [-0.15, -0.1) is 0 Å². The predicted molar refractivity (Wildman–Crippen MR) is 128 cm³/mol. The van der Waals surface area contributed by atoms with E-state index < -0.39 is 0 Å². The molecule has 4 nitrogen and oxygen atoms in total. The fraction of sp³-hybridized carbons (Fsp3) is 0.167. The Balaban J connectivity index is 1.62. The monoisotopic (exact) mass is 470 g/mol. The van der Waals surface area contributed by atoms with Crippen LogP contribution in [0.15, 0.2) is 53.4 Å². The van der Waals surface area contributed by atoms with Gasteiger partial charge in [-0.1, -0.05) is 47.0 Å². The number of carbonyl (C=O) groups excluding carboxylic acids is 2. The van der Waals surface area contributed by atoms with Crippen molar-refractivity contribution in [3.8, 4) is 5.69 Å². The van der Waals surface area contributed by atoms with Gasteiger partial charge >= 0.3 is 0 Å². The summed E-state index contributed by atoms with van der Waals surface area (Å²) in [5.41, 5.74) is 5.90. The number of halogens is 2. The van der Waals surface area contributed by atoms with Gasteiger partial charge in [0.25, 0.3) is 11.1 Å². The van der Waals surface area contributed by atoms with E-state index in [1.807, 2.05) is 19.9 Å². The molecule has 4 rings (SSSR count). The average Bonchev–Trinajstić information content (AvgIpc) is 3.14. The number of imide groups is 1. The Morgan fingerprint density at radius 3 is 2.35 bits per heavy atom. The molecule has 0 bridgehead atoms. The van der Waals surface area contributed by atoms with Crippen molar-refractivity contribution in [2.75, 3.05) is 0 Å². The Bertz CT molecular complexity index is 1230. The quantitative estimate of drug-likeness (QED) is 0.387. The molecule has 1 saturated heterocycles. The molecule has 31 heavy (non-hydrogen) atoms. The minimum atomic E-state index is -0.318. The summed E-state index contributed by atoms with van der Waals surface area (Å²) in [5.74, 6) is -0.318. The Morgan fingerprint density at radius 1 is 0.968 bits per heavy atom. The summed E-state index contributed by atoms with van der Waals surface area (Å²) in [6.45, 7) is 6.20. The highest BCUT2D eigenvalue weighted by Gasteiger charge is 2.35. The predicted octanol–water partition coefficient (Wildman–Crippen LogP) is 6.95. The highest BCUT2D eigenvalue weighted by atomic mass is 35.5. The molecule has 0 spiro atoms. The molecule has 0 unspecified atom stereocenters. The van der Waals surface area contributed by atoms with E-state index in [4.69, 9.17) is 23.2 Å². The van der Waals surface area contributed by atoms with Gasteiger partial charge in [0.2, 0.25) is 0 Å². The third-order valence-electron chi connectivity index (χ3n) is 5.27. The van der Waals surface area contributed by atoms with E-state index in [-0.39, 0.29) is 17.7 Å². The third kappa shape index (κ3) is 4.31. The first-order chi connectivity index (χ1) is 14.7. The normalized spacial score (nSPS) is 15.4. The molecular weight excluding hydrogens is 451 g/mol. The van der Waals surface area contributed by atoms with E-state index in [0.717, 1.165) is 34.4 Å². The molecule has 1 fully saturated rings. The fourth-order valence-corrected chi connectivity index (χ4v) is 4.92. The van der Waals surface area contributed by atoms with Crippen molar-refractivity contribution in [3.05, 3.63) is 91.6 Å². The molecule has 2 heterocycles. The summed E-state index contributed by atoms with van der Waals surface area (Å²) in [7, 11) is 0. The number of aromatic nitrogens is 1. The first-order valence-corrected chi connectivity index (χ1v) is 11.3. The molecule has 1 aliphatic rings. The van der Waals surface area contributed by atoms with Crippen molar-refractivity contribution in [2.45, 2.75) is 27.3 Å². The lowest BCUT2D eigenvalue weighted by Gasteiger charge is -2.13. The average molecular weight is 471 g/mol. The topological polar surface area (TPSA) is 42.3 Å². The molecule has 0 aliphatic carbocycles. The highest BCUT2D eigenvalue weighted by Crippen LogP contribution is 2.35. The number of nitrogens with zero attached hydrogens (tertiary/aromatic N) is 2. The number of benzene rings is 2. The number of thioether (sulfide) groups is 1. The molecule has 7 heteroatoms. The highest BCUT2D eigenvalue weighted by molar-refractivity contribution is 8.18. The molecule has 0 N–H and O–H groups in total. The maximum Gasteiger partial charge on any atom is 0.293 e. The zero-order chi connectivity index (χ0) is 22.3. The number of amides is 2. The molecular formula is C24H20Cl2N2O2S. The standard InChI is InChI=1S/C24H20Cl2N2O2S/c1-14-4-8-20(9-5-14)28-15(2)10-18(16(28)3)11-22-23(29)27(24(30)31-22)13-17-6-7-19(25)12-21(17)26/h4-12H,13H2,1-3H3/b22-11-. The largest absolute Gasteiger partial charge is 0.318 e. The van der Waals surface area contributed by atoms with Crippen LogP contribution in [0.3, 0.4) is 0 Å². The summed E-state index contributed by atoms with van der Waals surface area (Å²) in [4.78, 5) is 27.1. The molecule has 158 valence electrons. The van der Waals surface area contributed by atoms with E-state index in [2.05, 4.69) is 35.8 Å². The van der Waals surface area contributed by atoms with Crippen LogP contribution in [0, 0.1) is 20.8 Å². The van der Waals surface area contributed by atoms with Gasteiger partial charge in [-0.05, 0) is 80.1 Å². The summed E-state index contributed by atoms with van der Waals surface area (Å²) >= 11 is 13.1. The van der Waals surface area contributed by atoms with Gasteiger partial charge in [0.05, 0.1) is 11.4 Å². The van der Waals surface area contributed by atoms with Gasteiger partial charge < -0.3 is 4.57 Å². The number of hydrogen-bond acceptors (Lipinski definition) is 3. The smallest absolute Gasteiger partial charge is 0.293 e. The van der Waals surface area contributed by atoms with E-state index in [1.54, 1.807) is 24.3 Å². The Hall–Kier alpha value is -2.47. The second-order valence-electron chi connectivity index (χ2n) is 7.50. The maximum atomic E-state index is 13.0. The molecule has 0 saturated carbocycles. The Kier molecular flexibility index (Phi) is 6.02. The molecule has 2 amide bonds. The first-order valence-electron chi connectivity index (χ1n) is 9.70. The van der Waals surface area contributed by atoms with E-state index >= 15 is 0 Å². The van der Waals surface area contributed by atoms with Gasteiger partial charge in [0.15, 0.2) is 0 Å². The molecule has 1 aromatic heterocycles. The van der Waals surface area contributed by atoms with Crippen molar-refractivity contribution >= 4 is 52.2 Å². The first kappa shape index (κ1) is 21.8. The molecule has 0 atom stereocenters. The van der Waals surface area contributed by atoms with Crippen molar-refractivity contribution in [2.24, 2.45) is 0 Å². The van der Waals surface area contributed by atoms with E-state index in [9.17, 15) is 9.59 Å². The van der Waals surface area contributed by atoms with Crippen LogP contribution in [-0.4, -0.2) is 20.6 Å². The van der Waals surface area contributed by atoms with Crippen LogP contribution in [0.25, 0.3) is 11.8 Å². The molecule has 2 aromatic carbocycles. The van der Waals surface area contributed by atoms with Crippen LogP contribution in [-0.2, 0) is 11.3 Å². The Morgan fingerprint density at radius 2 is 1.68 bits per heavy atom. The number of carbonyl (C=O) groups is 2. The lowest BCUT2D eigenvalue weighted by atomic mass is 10.2. The van der Waals surface area contributed by atoms with Crippen LogP contribution in [0.4, 0.5) is 4.79 Å². The Labute approximate surface area is 195 Å². The lowest BCUT2D eigenvalue weighted by Crippen LogP contribution is -2.27. The van der Waals surface area contributed by atoms with Crippen LogP contribution >= 0.6 is 35.0 Å². The summed E-state index contributed by atoms with van der Waals surface area (Å²) in [6.07, 6.45) is 1.79. The van der Waals surface area contributed by atoms with Gasteiger partial charge in [-0.25, -0.2) is 0 Å². The van der Waals surface area contributed by atoms with Crippen molar-refractivity contribution < 1.29 is 9.59 Å². The zero-order valence-corrected chi connectivity index (χ0v) is 19.6. The minimum Gasteiger partial charge on any atom is -0.318 e. The second-order valence-corrected chi connectivity index (χ2v) is 9.34. The van der Waals surface area contributed by atoms with E-state index in [0.29, 0.717) is 20.5 Å². The summed E-state index contributed by atoms with van der Waals surface area (Å²) in [6, 6.07) is 15.3. The van der Waals surface area contributed by atoms with Crippen LogP contribution in [0.2, 0.25) is 10.0 Å². The third-order valence-corrected chi connectivity index (χ3v) is 6.76. The van der Waals surface area contributed by atoms with Crippen LogP contribution in [0.5, 0.6) is 0 Å². The number of rotatable bonds is 4. The fourth-order valence-electron chi connectivity index (χ4n) is 3.62. The molecule has 3 aromatic rings. The van der Waals surface area contributed by atoms with Crippen molar-refractivity contribution in [1.82, 2.24) is 9.47 Å². The maximum absolute atomic E-state index is 13.0. The zero-order valence-electron chi connectivity index (χ0n) is 17.3. The minimum absolute atomic E-state index is 0.112. The molecule has 0 radical (unpaired) electrons. The van der Waals surface area contributed by atoms with Gasteiger partial charge in [0.1, 0.15) is 0 Å². The van der Waals surface area contributed by atoms with Gasteiger partial charge in [-0.3, -0.25) is 14.5 Å². The van der Waals surface area contributed by atoms with Crippen molar-refractivity contribution in [3.63, 3.8) is 0 Å². The van der Waals surface area contributed by atoms with Gasteiger partial charge in [-0.2, -0.15) is 0 Å². The van der Waals surface area contributed by atoms with Crippen LogP contribution in [0.1, 0.15) is 28.1 Å². The summed E-state index contributed by atoms with van der Waals surface area (Å²) in [5, 5.41) is 0.624. The molecule has 1 aliphatic heterocycles.